The first-order valence-electron chi connectivity index (χ1n) is 9.45. The molecule has 1 aromatic carbocycles. The predicted octanol–water partition coefficient (Wildman–Crippen LogP) is 3.42. The highest BCUT2D eigenvalue weighted by atomic mass is 32.1. The minimum Gasteiger partial charge on any atom is -0.490 e. The van der Waals surface area contributed by atoms with Crippen molar-refractivity contribution in [1.82, 2.24) is 14.8 Å². The topological polar surface area (TPSA) is 45.7 Å². The fourth-order valence-electron chi connectivity index (χ4n) is 3.68. The summed E-state index contributed by atoms with van der Waals surface area (Å²) in [5, 5.41) is 3.21. The Bertz CT molecular complexity index is 703. The van der Waals surface area contributed by atoms with Gasteiger partial charge >= 0.3 is 0 Å². The number of ether oxygens (including phenoxy) is 1. The Labute approximate surface area is 158 Å². The normalized spacial score (nSPS) is 19.0. The number of hydrogen-bond acceptors (Lipinski definition) is 5. The second-order valence-corrected chi connectivity index (χ2v) is 8.02. The number of nitrogens with zero attached hydrogens (tertiary/aromatic N) is 3. The van der Waals surface area contributed by atoms with Crippen LogP contribution in [0.1, 0.15) is 41.0 Å². The maximum absolute atomic E-state index is 12.4. The second-order valence-electron chi connectivity index (χ2n) is 7.04. The molecule has 0 spiro atoms. The van der Waals surface area contributed by atoms with Gasteiger partial charge in [-0.2, -0.15) is 0 Å². The highest BCUT2D eigenvalue weighted by molar-refractivity contribution is 7.09. The highest BCUT2D eigenvalue weighted by Crippen LogP contribution is 2.22. The first-order valence-corrected chi connectivity index (χ1v) is 10.3. The Hall–Kier alpha value is -1.92. The van der Waals surface area contributed by atoms with Crippen molar-refractivity contribution in [2.24, 2.45) is 0 Å². The highest BCUT2D eigenvalue weighted by Gasteiger charge is 2.22. The molecule has 2 aromatic rings. The van der Waals surface area contributed by atoms with E-state index in [1.54, 1.807) is 11.3 Å². The van der Waals surface area contributed by atoms with Crippen LogP contribution in [-0.4, -0.2) is 53.0 Å². The number of piperidine rings is 1. The van der Waals surface area contributed by atoms with Gasteiger partial charge in [0.25, 0.3) is 5.91 Å². The van der Waals surface area contributed by atoms with Crippen molar-refractivity contribution in [3.63, 3.8) is 0 Å². The van der Waals surface area contributed by atoms with Gasteiger partial charge in [-0.1, -0.05) is 0 Å². The lowest BCUT2D eigenvalue weighted by Gasteiger charge is -2.31. The molecule has 0 saturated carbocycles. The van der Waals surface area contributed by atoms with Gasteiger partial charge in [0.15, 0.2) is 0 Å². The lowest BCUT2D eigenvalue weighted by Crippen LogP contribution is -2.37. The van der Waals surface area contributed by atoms with Gasteiger partial charge in [0, 0.05) is 43.3 Å². The van der Waals surface area contributed by atoms with E-state index in [2.05, 4.69) is 9.88 Å². The summed E-state index contributed by atoms with van der Waals surface area (Å²) in [5.74, 6) is 1.01. The molecule has 1 aromatic heterocycles. The van der Waals surface area contributed by atoms with Gasteiger partial charge in [0.05, 0.1) is 6.54 Å². The number of aromatic nitrogens is 1. The molecule has 0 N–H and O–H groups in total. The van der Waals surface area contributed by atoms with E-state index in [-0.39, 0.29) is 12.0 Å². The molecule has 5 nitrogen and oxygen atoms in total. The minimum absolute atomic E-state index is 0.143. The van der Waals surface area contributed by atoms with Crippen molar-refractivity contribution in [3.8, 4) is 5.75 Å². The summed E-state index contributed by atoms with van der Waals surface area (Å²) in [6.45, 7) is 4.79. The molecule has 3 heterocycles. The van der Waals surface area contributed by atoms with E-state index >= 15 is 0 Å². The molecular weight excluding hydrogens is 346 g/mol. The molecule has 2 saturated heterocycles. The molecule has 2 aliphatic heterocycles. The molecule has 2 fully saturated rings. The number of hydrogen-bond donors (Lipinski definition) is 0. The Balaban J connectivity index is 1.26. The Morgan fingerprint density at radius 2 is 1.85 bits per heavy atom. The van der Waals surface area contributed by atoms with Gasteiger partial charge in [0.1, 0.15) is 16.9 Å². The van der Waals surface area contributed by atoms with Crippen LogP contribution in [0.5, 0.6) is 5.75 Å². The predicted molar refractivity (Wildman–Crippen MR) is 103 cm³/mol. The third kappa shape index (κ3) is 4.24. The fraction of sp³-hybridized carbons (Fsp3) is 0.500. The van der Waals surface area contributed by atoms with Gasteiger partial charge in [-0.15, -0.1) is 11.3 Å². The van der Waals surface area contributed by atoms with Gasteiger partial charge in [0.2, 0.25) is 0 Å². The summed E-state index contributed by atoms with van der Waals surface area (Å²) in [4.78, 5) is 21.1. The molecule has 0 bridgehead atoms. The largest absolute Gasteiger partial charge is 0.490 e. The molecule has 138 valence electrons. The lowest BCUT2D eigenvalue weighted by atomic mass is 10.1. The molecule has 6 heteroatoms. The number of thiazole rings is 1. The van der Waals surface area contributed by atoms with Crippen LogP contribution in [0.4, 0.5) is 0 Å². The van der Waals surface area contributed by atoms with Crippen LogP contribution >= 0.6 is 11.3 Å². The molecule has 1 amide bonds. The summed E-state index contributed by atoms with van der Waals surface area (Å²) < 4.78 is 6.13. The van der Waals surface area contributed by atoms with E-state index in [4.69, 9.17) is 4.74 Å². The molecule has 2 aliphatic rings. The van der Waals surface area contributed by atoms with Crippen LogP contribution in [-0.2, 0) is 6.54 Å². The number of likely N-dealkylation sites (tertiary alicyclic amines) is 2. The van der Waals surface area contributed by atoms with Gasteiger partial charge in [-0.25, -0.2) is 4.98 Å². The van der Waals surface area contributed by atoms with Gasteiger partial charge < -0.3 is 9.64 Å². The Morgan fingerprint density at radius 1 is 1.12 bits per heavy atom. The summed E-state index contributed by atoms with van der Waals surface area (Å²) in [6.07, 6.45) is 6.42. The van der Waals surface area contributed by atoms with Gasteiger partial charge in [-0.05, 0) is 49.9 Å². The number of benzene rings is 1. The Kier molecular flexibility index (Phi) is 5.51. The van der Waals surface area contributed by atoms with Crippen molar-refractivity contribution in [2.45, 2.75) is 38.3 Å². The lowest BCUT2D eigenvalue weighted by molar-refractivity contribution is 0.0792. The molecular formula is C20H25N3O2S. The number of rotatable bonds is 5. The maximum Gasteiger partial charge on any atom is 0.253 e. The monoisotopic (exact) mass is 371 g/mol. The average molecular weight is 372 g/mol. The SMILES string of the molecule is O=C(c1ccc(OC2CCN(Cc3nccs3)CC2)cc1)N1CCCC1. The molecule has 4 rings (SSSR count). The molecule has 0 radical (unpaired) electrons. The molecule has 0 unspecified atom stereocenters. The van der Waals surface area contributed by atoms with Crippen LogP contribution < -0.4 is 4.74 Å². The Morgan fingerprint density at radius 3 is 2.50 bits per heavy atom. The van der Waals surface area contributed by atoms with E-state index in [1.165, 1.54) is 5.01 Å². The van der Waals surface area contributed by atoms with Crippen molar-refractivity contribution in [1.29, 1.82) is 0 Å². The van der Waals surface area contributed by atoms with Crippen LogP contribution in [0.3, 0.4) is 0 Å². The third-order valence-electron chi connectivity index (χ3n) is 5.17. The first-order chi connectivity index (χ1) is 12.8. The molecule has 0 atom stereocenters. The molecule has 26 heavy (non-hydrogen) atoms. The van der Waals surface area contributed by atoms with E-state index in [1.807, 2.05) is 40.7 Å². The van der Waals surface area contributed by atoms with Crippen molar-refractivity contribution in [2.75, 3.05) is 26.2 Å². The van der Waals surface area contributed by atoms with Crippen molar-refractivity contribution in [3.05, 3.63) is 46.4 Å². The fourth-order valence-corrected chi connectivity index (χ4v) is 4.34. The van der Waals surface area contributed by atoms with Crippen molar-refractivity contribution < 1.29 is 9.53 Å². The zero-order chi connectivity index (χ0) is 17.8. The standard InChI is InChI=1S/C20H25N3O2S/c24-20(23-10-1-2-11-23)16-3-5-17(6-4-16)25-18-7-12-22(13-8-18)15-19-21-9-14-26-19/h3-6,9,14,18H,1-2,7-8,10-13,15H2. The van der Waals surface area contributed by atoms with Crippen molar-refractivity contribution >= 4 is 17.2 Å². The van der Waals surface area contributed by atoms with E-state index in [0.29, 0.717) is 0 Å². The second kappa shape index (κ2) is 8.18. The zero-order valence-electron chi connectivity index (χ0n) is 15.0. The minimum atomic E-state index is 0.143. The summed E-state index contributed by atoms with van der Waals surface area (Å²) >= 11 is 1.72. The number of carbonyl (C=O) groups excluding carboxylic acids is 1. The third-order valence-corrected chi connectivity index (χ3v) is 5.94. The summed E-state index contributed by atoms with van der Waals surface area (Å²) in [6, 6.07) is 7.66. The number of amides is 1. The van der Waals surface area contributed by atoms with Crippen LogP contribution in [0.25, 0.3) is 0 Å². The quantitative estimate of drug-likeness (QED) is 0.808. The summed E-state index contributed by atoms with van der Waals surface area (Å²) in [5.41, 5.74) is 0.762. The zero-order valence-corrected chi connectivity index (χ0v) is 15.8. The average Bonchev–Trinajstić information content (AvgIpc) is 3.37. The summed E-state index contributed by atoms with van der Waals surface area (Å²) in [7, 11) is 0. The van der Waals surface area contributed by atoms with Gasteiger partial charge in [-0.3, -0.25) is 9.69 Å². The van der Waals surface area contributed by atoms with E-state index < -0.39 is 0 Å². The first kappa shape index (κ1) is 17.5. The van der Waals surface area contributed by atoms with Crippen LogP contribution in [0, 0.1) is 0 Å². The van der Waals surface area contributed by atoms with E-state index in [0.717, 1.165) is 69.7 Å². The molecule has 0 aliphatic carbocycles. The van der Waals surface area contributed by atoms with Crippen LogP contribution in [0.15, 0.2) is 35.8 Å². The van der Waals surface area contributed by atoms with E-state index in [9.17, 15) is 4.79 Å². The number of carbonyl (C=O) groups is 1. The maximum atomic E-state index is 12.4. The van der Waals surface area contributed by atoms with Crippen LogP contribution in [0.2, 0.25) is 0 Å². The smallest absolute Gasteiger partial charge is 0.253 e.